The number of aromatic nitrogens is 2. The Kier molecular flexibility index (Phi) is 6.43. The number of carbonyl (C=O) groups excluding carboxylic acids is 1. The van der Waals surface area contributed by atoms with Gasteiger partial charge in [0.05, 0.1) is 12.1 Å². The van der Waals surface area contributed by atoms with E-state index in [0.717, 1.165) is 18.9 Å². The number of carbonyl (C=O) groups is 1. The second kappa shape index (κ2) is 8.33. The smallest absolute Gasteiger partial charge is 0.165 e. The molecular formula is C18H22ClN3O2. The summed E-state index contributed by atoms with van der Waals surface area (Å²) >= 11 is 0. The lowest BCUT2D eigenvalue weighted by Gasteiger charge is -2.37. The Morgan fingerprint density at radius 2 is 1.71 bits per heavy atom. The van der Waals surface area contributed by atoms with Crippen molar-refractivity contribution in [3.05, 3.63) is 60.2 Å². The highest BCUT2D eigenvalue weighted by Gasteiger charge is 2.34. The molecule has 1 aromatic carbocycles. The topological polar surface area (TPSA) is 66.3 Å². The summed E-state index contributed by atoms with van der Waals surface area (Å²) in [4.78, 5) is 23.0. The van der Waals surface area contributed by atoms with Gasteiger partial charge in [0.1, 0.15) is 5.82 Å². The van der Waals surface area contributed by atoms with Crippen LogP contribution in [0.15, 0.2) is 48.8 Å². The summed E-state index contributed by atoms with van der Waals surface area (Å²) in [6.07, 6.45) is 4.85. The van der Waals surface area contributed by atoms with Gasteiger partial charge < -0.3 is 5.11 Å². The quantitative estimate of drug-likeness (QED) is 0.842. The van der Waals surface area contributed by atoms with Gasteiger partial charge in [-0.1, -0.05) is 30.3 Å². The van der Waals surface area contributed by atoms with Crippen LogP contribution in [0, 0.1) is 0 Å². The van der Waals surface area contributed by atoms with Crippen LogP contribution in [-0.2, 0) is 6.54 Å². The molecule has 0 bridgehead atoms. The number of aliphatic hydroxyl groups is 1. The molecule has 1 aromatic heterocycles. The van der Waals surface area contributed by atoms with Crippen LogP contribution in [0.4, 0.5) is 0 Å². The van der Waals surface area contributed by atoms with Crippen LogP contribution in [0.3, 0.4) is 0 Å². The number of ketones is 1. The molecule has 0 saturated carbocycles. The Morgan fingerprint density at radius 1 is 1.08 bits per heavy atom. The number of hydrogen-bond acceptors (Lipinski definition) is 5. The first-order chi connectivity index (χ1) is 11.1. The minimum atomic E-state index is -0.902. The summed E-state index contributed by atoms with van der Waals surface area (Å²) in [5.41, 5.74) is -0.234. The molecule has 5 nitrogen and oxygen atoms in total. The third-order valence-electron chi connectivity index (χ3n) is 4.36. The van der Waals surface area contributed by atoms with Crippen molar-refractivity contribution in [1.29, 1.82) is 0 Å². The molecule has 0 aliphatic carbocycles. The van der Waals surface area contributed by atoms with Gasteiger partial charge in [-0.3, -0.25) is 9.69 Å². The lowest BCUT2D eigenvalue weighted by atomic mass is 9.85. The van der Waals surface area contributed by atoms with Gasteiger partial charge in [0.15, 0.2) is 5.78 Å². The van der Waals surface area contributed by atoms with Crippen molar-refractivity contribution in [2.75, 3.05) is 13.1 Å². The highest BCUT2D eigenvalue weighted by atomic mass is 35.5. The van der Waals surface area contributed by atoms with Gasteiger partial charge in [0, 0.05) is 37.5 Å². The number of piperidine rings is 1. The fourth-order valence-corrected chi connectivity index (χ4v) is 2.94. The van der Waals surface area contributed by atoms with Gasteiger partial charge in [0.2, 0.25) is 0 Å². The zero-order valence-corrected chi connectivity index (χ0v) is 14.3. The Morgan fingerprint density at radius 3 is 2.33 bits per heavy atom. The van der Waals surface area contributed by atoms with Crippen LogP contribution in [0.25, 0.3) is 0 Å². The molecule has 1 N–H and O–H groups in total. The molecule has 0 spiro atoms. The molecule has 1 fully saturated rings. The van der Waals surface area contributed by atoms with Crippen molar-refractivity contribution in [2.24, 2.45) is 0 Å². The van der Waals surface area contributed by atoms with E-state index in [1.165, 1.54) is 0 Å². The molecule has 2 heterocycles. The minimum absolute atomic E-state index is 0. The fraction of sp³-hybridized carbons (Fsp3) is 0.389. The zero-order valence-electron chi connectivity index (χ0n) is 13.5. The van der Waals surface area contributed by atoms with E-state index in [1.807, 2.05) is 18.2 Å². The molecule has 1 aliphatic heterocycles. The molecule has 1 saturated heterocycles. The van der Waals surface area contributed by atoms with Gasteiger partial charge in [-0.2, -0.15) is 0 Å². The van der Waals surface area contributed by atoms with Gasteiger partial charge >= 0.3 is 0 Å². The monoisotopic (exact) mass is 347 g/mol. The summed E-state index contributed by atoms with van der Waals surface area (Å²) in [7, 11) is 0. The summed E-state index contributed by atoms with van der Waals surface area (Å²) in [6.45, 7) is 2.18. The number of likely N-dealkylation sites (tertiary alicyclic amines) is 1. The van der Waals surface area contributed by atoms with E-state index in [1.54, 1.807) is 30.6 Å². The molecule has 24 heavy (non-hydrogen) atoms. The molecule has 3 rings (SSSR count). The average molecular weight is 348 g/mol. The van der Waals surface area contributed by atoms with E-state index in [9.17, 15) is 9.90 Å². The van der Waals surface area contributed by atoms with Gasteiger partial charge in [-0.15, -0.1) is 12.4 Å². The van der Waals surface area contributed by atoms with Crippen LogP contribution >= 0.6 is 12.4 Å². The Labute approximate surface area is 148 Å². The minimum Gasteiger partial charge on any atom is -0.389 e. The second-order valence-electron chi connectivity index (χ2n) is 6.13. The van der Waals surface area contributed by atoms with E-state index in [-0.39, 0.29) is 24.6 Å². The van der Waals surface area contributed by atoms with Crippen molar-refractivity contribution in [1.82, 2.24) is 14.9 Å². The highest BCUT2D eigenvalue weighted by Crippen LogP contribution is 2.27. The third kappa shape index (κ3) is 4.84. The summed E-state index contributed by atoms with van der Waals surface area (Å²) in [6, 6.07) is 11.0. The van der Waals surface area contributed by atoms with Crippen LogP contribution < -0.4 is 0 Å². The summed E-state index contributed by atoms with van der Waals surface area (Å²) in [5, 5.41) is 10.7. The van der Waals surface area contributed by atoms with E-state index >= 15 is 0 Å². The number of rotatable bonds is 5. The Bertz CT molecular complexity index is 644. The van der Waals surface area contributed by atoms with Crippen LogP contribution in [-0.4, -0.2) is 44.4 Å². The summed E-state index contributed by atoms with van der Waals surface area (Å²) < 4.78 is 0. The van der Waals surface area contributed by atoms with Crippen molar-refractivity contribution in [2.45, 2.75) is 31.4 Å². The van der Waals surface area contributed by atoms with E-state index in [2.05, 4.69) is 14.9 Å². The number of halogens is 1. The maximum atomic E-state index is 12.3. The molecule has 0 radical (unpaired) electrons. The molecule has 2 aromatic rings. The van der Waals surface area contributed by atoms with Gasteiger partial charge in [-0.05, 0) is 18.9 Å². The highest BCUT2D eigenvalue weighted by molar-refractivity contribution is 5.96. The molecular weight excluding hydrogens is 326 g/mol. The van der Waals surface area contributed by atoms with Crippen LogP contribution in [0.1, 0.15) is 35.4 Å². The lowest BCUT2D eigenvalue weighted by molar-refractivity contribution is -0.0246. The Balaban J connectivity index is 0.00000208. The van der Waals surface area contributed by atoms with E-state index in [4.69, 9.17) is 0 Å². The molecule has 6 heteroatoms. The van der Waals surface area contributed by atoms with Gasteiger partial charge in [0.25, 0.3) is 0 Å². The molecule has 0 atom stereocenters. The molecule has 0 unspecified atom stereocenters. The number of benzene rings is 1. The SMILES string of the molecule is Cl.O=C(CC1(O)CCN(Cc2ncccn2)CC1)c1ccccc1. The van der Waals surface area contributed by atoms with Crippen molar-refractivity contribution < 1.29 is 9.90 Å². The van der Waals surface area contributed by atoms with Crippen molar-refractivity contribution >= 4 is 18.2 Å². The predicted molar refractivity (Wildman–Crippen MR) is 94.1 cm³/mol. The number of hydrogen-bond donors (Lipinski definition) is 1. The number of nitrogens with zero attached hydrogens (tertiary/aromatic N) is 3. The normalized spacial score (nSPS) is 17.0. The maximum absolute atomic E-state index is 12.3. The third-order valence-corrected chi connectivity index (χ3v) is 4.36. The van der Waals surface area contributed by atoms with Crippen LogP contribution in [0.5, 0.6) is 0 Å². The molecule has 1 aliphatic rings. The first-order valence-corrected chi connectivity index (χ1v) is 7.94. The van der Waals surface area contributed by atoms with Crippen molar-refractivity contribution in [3.63, 3.8) is 0 Å². The molecule has 128 valence electrons. The fourth-order valence-electron chi connectivity index (χ4n) is 2.94. The molecule has 0 amide bonds. The van der Waals surface area contributed by atoms with Gasteiger partial charge in [-0.25, -0.2) is 9.97 Å². The van der Waals surface area contributed by atoms with E-state index in [0.29, 0.717) is 24.9 Å². The standard InChI is InChI=1S/C18H21N3O2.ClH/c22-16(15-5-2-1-3-6-15)13-18(23)7-11-21(12-8-18)14-17-19-9-4-10-20-17;/h1-6,9-10,23H,7-8,11-14H2;1H. The first kappa shape index (κ1) is 18.5. The zero-order chi connectivity index (χ0) is 16.1. The largest absolute Gasteiger partial charge is 0.389 e. The van der Waals surface area contributed by atoms with Crippen molar-refractivity contribution in [3.8, 4) is 0 Å². The average Bonchev–Trinajstić information content (AvgIpc) is 2.59. The number of Topliss-reactive ketones (excluding diaryl/α,β-unsaturated/α-hetero) is 1. The Hall–Kier alpha value is -1.82. The van der Waals surface area contributed by atoms with E-state index < -0.39 is 5.60 Å². The summed E-state index contributed by atoms with van der Waals surface area (Å²) in [5.74, 6) is 0.797. The first-order valence-electron chi connectivity index (χ1n) is 7.94. The predicted octanol–water partition coefficient (Wildman–Crippen LogP) is 2.50. The lowest BCUT2D eigenvalue weighted by Crippen LogP contribution is -2.45. The second-order valence-corrected chi connectivity index (χ2v) is 6.13. The van der Waals surface area contributed by atoms with Crippen LogP contribution in [0.2, 0.25) is 0 Å². The maximum Gasteiger partial charge on any atom is 0.165 e.